The number of rotatable bonds is 4. The largest absolute Gasteiger partial charge is 0.471 e. The van der Waals surface area contributed by atoms with E-state index in [1.807, 2.05) is 20.8 Å². The molecule has 0 unspecified atom stereocenters. The minimum absolute atomic E-state index is 0. The number of alkyl halides is 3. The molecule has 3 N–H and O–H groups in total. The van der Waals surface area contributed by atoms with E-state index in [4.69, 9.17) is 5.73 Å². The molecule has 1 rings (SSSR count). The Bertz CT molecular complexity index is 615. The van der Waals surface area contributed by atoms with E-state index >= 15 is 0 Å². The standard InChI is InChI=1S/C16H22F3N3O2.ClH/c1-15(2,3)12(20)13(23)21-11-7-5-6-10(8-11)9-22(4)14(24)16(17,18)19;/h5-8,12H,9,20H2,1-4H3,(H,21,23);1H/t12-;/m1./s1. The Balaban J connectivity index is 0.00000576. The molecule has 1 aromatic carbocycles. The van der Waals surface area contributed by atoms with Gasteiger partial charge in [0.25, 0.3) is 0 Å². The van der Waals surface area contributed by atoms with Crippen molar-refractivity contribution in [2.24, 2.45) is 11.1 Å². The van der Waals surface area contributed by atoms with Crippen molar-refractivity contribution in [1.82, 2.24) is 4.90 Å². The van der Waals surface area contributed by atoms with Gasteiger partial charge in [-0.25, -0.2) is 0 Å². The highest BCUT2D eigenvalue weighted by Crippen LogP contribution is 2.21. The first kappa shape index (κ1) is 23.2. The number of amides is 2. The Morgan fingerprint density at radius 3 is 2.28 bits per heavy atom. The van der Waals surface area contributed by atoms with E-state index in [1.165, 1.54) is 6.07 Å². The monoisotopic (exact) mass is 381 g/mol. The predicted molar refractivity (Wildman–Crippen MR) is 92.3 cm³/mol. The van der Waals surface area contributed by atoms with Crippen molar-refractivity contribution < 1.29 is 22.8 Å². The van der Waals surface area contributed by atoms with Gasteiger partial charge in [0, 0.05) is 19.3 Å². The Kier molecular flexibility index (Phi) is 7.92. The first-order valence-electron chi connectivity index (χ1n) is 7.30. The molecule has 0 radical (unpaired) electrons. The SMILES string of the molecule is CN(Cc1cccc(NC(=O)[C@@H](N)C(C)(C)C)c1)C(=O)C(F)(F)F.Cl. The average molecular weight is 382 g/mol. The number of halogens is 4. The summed E-state index contributed by atoms with van der Waals surface area (Å²) in [5.41, 5.74) is 6.29. The lowest BCUT2D eigenvalue weighted by molar-refractivity contribution is -0.184. The van der Waals surface area contributed by atoms with Gasteiger partial charge < -0.3 is 16.0 Å². The topological polar surface area (TPSA) is 75.4 Å². The molecule has 142 valence electrons. The number of nitrogens with two attached hydrogens (primary N) is 1. The van der Waals surface area contributed by atoms with E-state index in [1.54, 1.807) is 18.2 Å². The number of benzene rings is 1. The number of carbonyl (C=O) groups excluding carboxylic acids is 2. The van der Waals surface area contributed by atoms with Crippen molar-refractivity contribution in [3.63, 3.8) is 0 Å². The predicted octanol–water partition coefficient (Wildman–Crippen LogP) is 2.94. The van der Waals surface area contributed by atoms with Crippen LogP contribution in [0.4, 0.5) is 18.9 Å². The van der Waals surface area contributed by atoms with Gasteiger partial charge in [0.05, 0.1) is 6.04 Å². The third-order valence-corrected chi connectivity index (χ3v) is 3.42. The molecular formula is C16H23ClF3N3O2. The van der Waals surface area contributed by atoms with Crippen LogP contribution in [-0.4, -0.2) is 36.0 Å². The van der Waals surface area contributed by atoms with Crippen molar-refractivity contribution >= 4 is 29.9 Å². The number of nitrogens with one attached hydrogen (secondary N) is 1. The fraction of sp³-hybridized carbons (Fsp3) is 0.500. The minimum atomic E-state index is -4.92. The van der Waals surface area contributed by atoms with Gasteiger partial charge >= 0.3 is 12.1 Å². The Hall–Kier alpha value is -1.80. The van der Waals surface area contributed by atoms with Crippen molar-refractivity contribution in [3.8, 4) is 0 Å². The molecule has 1 aromatic rings. The van der Waals surface area contributed by atoms with Crippen LogP contribution < -0.4 is 11.1 Å². The highest BCUT2D eigenvalue weighted by molar-refractivity contribution is 5.95. The van der Waals surface area contributed by atoms with Gasteiger partial charge in [-0.2, -0.15) is 13.2 Å². The van der Waals surface area contributed by atoms with Gasteiger partial charge in [0.15, 0.2) is 0 Å². The van der Waals surface area contributed by atoms with Gasteiger partial charge in [0.1, 0.15) is 0 Å². The summed E-state index contributed by atoms with van der Waals surface area (Å²) in [6.45, 7) is 5.25. The highest BCUT2D eigenvalue weighted by atomic mass is 35.5. The normalized spacial score (nSPS) is 12.8. The lowest BCUT2D eigenvalue weighted by Gasteiger charge is -2.26. The lowest BCUT2D eigenvalue weighted by Crippen LogP contribution is -2.45. The van der Waals surface area contributed by atoms with Crippen molar-refractivity contribution in [2.45, 2.75) is 39.5 Å². The zero-order chi connectivity index (χ0) is 18.7. The van der Waals surface area contributed by atoms with Crippen LogP contribution in [0.25, 0.3) is 0 Å². The lowest BCUT2D eigenvalue weighted by atomic mass is 9.87. The third-order valence-electron chi connectivity index (χ3n) is 3.42. The highest BCUT2D eigenvalue weighted by Gasteiger charge is 2.41. The fourth-order valence-corrected chi connectivity index (χ4v) is 1.92. The molecule has 9 heteroatoms. The summed E-state index contributed by atoms with van der Waals surface area (Å²) in [6, 6.07) is 5.52. The summed E-state index contributed by atoms with van der Waals surface area (Å²) >= 11 is 0. The molecule has 0 saturated heterocycles. The van der Waals surface area contributed by atoms with E-state index in [2.05, 4.69) is 5.32 Å². The molecule has 0 aliphatic carbocycles. The van der Waals surface area contributed by atoms with Crippen molar-refractivity contribution in [2.75, 3.05) is 12.4 Å². The van der Waals surface area contributed by atoms with Crippen LogP contribution in [0.5, 0.6) is 0 Å². The molecule has 0 bridgehead atoms. The van der Waals surface area contributed by atoms with Crippen molar-refractivity contribution in [3.05, 3.63) is 29.8 Å². The molecule has 0 heterocycles. The molecule has 1 atom stereocenters. The number of anilines is 1. The van der Waals surface area contributed by atoms with E-state index in [0.717, 1.165) is 7.05 Å². The molecule has 0 aliphatic rings. The van der Waals surface area contributed by atoms with E-state index in [-0.39, 0.29) is 24.9 Å². The Morgan fingerprint density at radius 1 is 1.24 bits per heavy atom. The van der Waals surface area contributed by atoms with E-state index < -0.39 is 23.5 Å². The second-order valence-electron chi connectivity index (χ2n) is 6.69. The van der Waals surface area contributed by atoms with Gasteiger partial charge in [-0.05, 0) is 23.1 Å². The molecule has 0 aliphatic heterocycles. The van der Waals surface area contributed by atoms with Crippen LogP contribution in [0.3, 0.4) is 0 Å². The summed E-state index contributed by atoms with van der Waals surface area (Å²) in [5, 5.41) is 2.63. The smallest absolute Gasteiger partial charge is 0.334 e. The molecule has 0 aromatic heterocycles. The fourth-order valence-electron chi connectivity index (χ4n) is 1.92. The second-order valence-corrected chi connectivity index (χ2v) is 6.69. The van der Waals surface area contributed by atoms with Crippen LogP contribution in [0, 0.1) is 5.41 Å². The number of hydrogen-bond acceptors (Lipinski definition) is 3. The summed E-state index contributed by atoms with van der Waals surface area (Å²) in [6.07, 6.45) is -4.92. The Labute approximate surface area is 151 Å². The number of hydrogen-bond donors (Lipinski definition) is 2. The molecule has 0 spiro atoms. The van der Waals surface area contributed by atoms with Gasteiger partial charge in [-0.15, -0.1) is 12.4 Å². The van der Waals surface area contributed by atoms with Crippen LogP contribution in [0.15, 0.2) is 24.3 Å². The zero-order valence-electron chi connectivity index (χ0n) is 14.5. The maximum absolute atomic E-state index is 12.4. The van der Waals surface area contributed by atoms with Crippen LogP contribution >= 0.6 is 12.4 Å². The second kappa shape index (κ2) is 8.53. The Morgan fingerprint density at radius 2 is 1.80 bits per heavy atom. The maximum Gasteiger partial charge on any atom is 0.471 e. The molecule has 2 amide bonds. The quantitative estimate of drug-likeness (QED) is 0.842. The first-order chi connectivity index (χ1) is 10.8. The summed E-state index contributed by atoms with van der Waals surface area (Å²) < 4.78 is 37.2. The van der Waals surface area contributed by atoms with E-state index in [0.29, 0.717) is 16.2 Å². The summed E-state index contributed by atoms with van der Waals surface area (Å²) in [7, 11) is 1.07. The van der Waals surface area contributed by atoms with E-state index in [9.17, 15) is 22.8 Å². The number of nitrogens with zero attached hydrogens (tertiary/aromatic N) is 1. The molecule has 0 fully saturated rings. The van der Waals surface area contributed by atoms with Crippen LogP contribution in [0.1, 0.15) is 26.3 Å². The average Bonchev–Trinajstić information content (AvgIpc) is 2.43. The first-order valence-corrected chi connectivity index (χ1v) is 7.30. The summed E-state index contributed by atoms with van der Waals surface area (Å²) in [5.74, 6) is -2.31. The molecule has 5 nitrogen and oxygen atoms in total. The van der Waals surface area contributed by atoms with Gasteiger partial charge in [0.2, 0.25) is 5.91 Å². The van der Waals surface area contributed by atoms with Crippen LogP contribution in [-0.2, 0) is 16.1 Å². The minimum Gasteiger partial charge on any atom is -0.334 e. The van der Waals surface area contributed by atoms with Gasteiger partial charge in [-0.3, -0.25) is 9.59 Å². The zero-order valence-corrected chi connectivity index (χ0v) is 15.3. The molecule has 0 saturated carbocycles. The summed E-state index contributed by atoms with van der Waals surface area (Å²) in [4.78, 5) is 23.8. The van der Waals surface area contributed by atoms with Gasteiger partial charge in [-0.1, -0.05) is 32.9 Å². The molecule has 25 heavy (non-hydrogen) atoms. The van der Waals surface area contributed by atoms with Crippen molar-refractivity contribution in [1.29, 1.82) is 0 Å². The maximum atomic E-state index is 12.4. The third kappa shape index (κ3) is 6.91. The molecular weight excluding hydrogens is 359 g/mol. The van der Waals surface area contributed by atoms with Crippen LogP contribution in [0.2, 0.25) is 0 Å². The number of carbonyl (C=O) groups is 2.